The van der Waals surface area contributed by atoms with E-state index in [0.717, 1.165) is 11.0 Å². The van der Waals surface area contributed by atoms with Crippen molar-refractivity contribution in [3.05, 3.63) is 29.0 Å². The monoisotopic (exact) mass is 394 g/mol. The largest absolute Gasteiger partial charge is 0.495 e. The highest BCUT2D eigenvalue weighted by molar-refractivity contribution is 7.99. The Morgan fingerprint density at radius 1 is 1.42 bits per heavy atom. The molecule has 2 aromatic rings. The topological polar surface area (TPSA) is 69.0 Å². The third-order valence-electron chi connectivity index (χ3n) is 4.12. The van der Waals surface area contributed by atoms with Gasteiger partial charge < -0.3 is 14.6 Å². The molecule has 1 aliphatic rings. The maximum Gasteiger partial charge on any atom is 0.225 e. The lowest BCUT2D eigenvalue weighted by Crippen LogP contribution is -2.13. The van der Waals surface area contributed by atoms with E-state index in [1.54, 1.807) is 37.1 Å². The van der Waals surface area contributed by atoms with Gasteiger partial charge in [-0.1, -0.05) is 37.2 Å². The van der Waals surface area contributed by atoms with E-state index in [-0.39, 0.29) is 5.91 Å². The molecule has 0 aliphatic heterocycles. The molecule has 1 amide bonds. The Hall–Kier alpha value is -1.73. The molecule has 1 aromatic carbocycles. The molecule has 0 radical (unpaired) electrons. The van der Waals surface area contributed by atoms with E-state index in [9.17, 15) is 4.79 Å². The minimum atomic E-state index is -0.0837. The first-order valence-electron chi connectivity index (χ1n) is 8.70. The van der Waals surface area contributed by atoms with E-state index in [1.807, 2.05) is 0 Å². The summed E-state index contributed by atoms with van der Waals surface area (Å²) in [6, 6.07) is 5.67. The summed E-state index contributed by atoms with van der Waals surface area (Å²) in [6.45, 7) is 4.26. The molecule has 0 saturated heterocycles. The number of ether oxygens (including phenoxy) is 1. The smallest absolute Gasteiger partial charge is 0.225 e. The summed E-state index contributed by atoms with van der Waals surface area (Å²) < 4.78 is 7.49. The lowest BCUT2D eigenvalue weighted by atomic mass is 10.2. The van der Waals surface area contributed by atoms with E-state index in [2.05, 4.69) is 33.9 Å². The number of carbonyl (C=O) groups is 1. The van der Waals surface area contributed by atoms with E-state index >= 15 is 0 Å². The van der Waals surface area contributed by atoms with Gasteiger partial charge in [0.15, 0.2) is 5.16 Å². The predicted octanol–water partition coefficient (Wildman–Crippen LogP) is 4.52. The number of amides is 1. The fourth-order valence-corrected chi connectivity index (χ4v) is 3.80. The SMILES string of the molecule is COc1ccc(Cl)cc1NC(=O)CCSc1nnc(C(C)C)n1C1CC1. The van der Waals surface area contributed by atoms with Gasteiger partial charge in [-0.3, -0.25) is 4.79 Å². The number of halogens is 1. The minimum Gasteiger partial charge on any atom is -0.495 e. The van der Waals surface area contributed by atoms with Crippen LogP contribution < -0.4 is 10.1 Å². The zero-order valence-corrected chi connectivity index (χ0v) is 16.7. The molecule has 1 aromatic heterocycles. The first-order chi connectivity index (χ1) is 12.5. The number of nitrogens with one attached hydrogen (secondary N) is 1. The Kier molecular flexibility index (Phi) is 6.09. The van der Waals surface area contributed by atoms with E-state index < -0.39 is 0 Å². The van der Waals surface area contributed by atoms with Crippen LogP contribution in [0.5, 0.6) is 5.75 Å². The summed E-state index contributed by atoms with van der Waals surface area (Å²) in [5, 5.41) is 13.0. The number of hydrogen-bond donors (Lipinski definition) is 1. The Bertz CT molecular complexity index is 789. The maximum absolute atomic E-state index is 12.3. The van der Waals surface area contributed by atoms with Crippen molar-refractivity contribution >= 4 is 35.0 Å². The summed E-state index contributed by atoms with van der Waals surface area (Å²) in [5.74, 6) is 2.52. The first kappa shape index (κ1) is 19.0. The highest BCUT2D eigenvalue weighted by Crippen LogP contribution is 2.40. The molecule has 0 spiro atoms. The van der Waals surface area contributed by atoms with Crippen LogP contribution in [0.4, 0.5) is 5.69 Å². The molecule has 8 heteroatoms. The predicted molar refractivity (Wildman–Crippen MR) is 104 cm³/mol. The molecule has 26 heavy (non-hydrogen) atoms. The summed E-state index contributed by atoms with van der Waals surface area (Å²) >= 11 is 7.57. The Balaban J connectivity index is 1.57. The zero-order valence-electron chi connectivity index (χ0n) is 15.2. The van der Waals surface area contributed by atoms with Gasteiger partial charge in [0.2, 0.25) is 5.91 Å². The number of rotatable bonds is 8. The van der Waals surface area contributed by atoms with E-state index in [4.69, 9.17) is 16.3 Å². The second-order valence-electron chi connectivity index (χ2n) is 6.59. The molecule has 1 heterocycles. The van der Waals surface area contributed by atoms with E-state index in [1.165, 1.54) is 12.8 Å². The van der Waals surface area contributed by atoms with Gasteiger partial charge in [0, 0.05) is 29.2 Å². The number of methoxy groups -OCH3 is 1. The van der Waals surface area contributed by atoms with Crippen molar-refractivity contribution in [3.63, 3.8) is 0 Å². The van der Waals surface area contributed by atoms with Crippen LogP contribution in [0.25, 0.3) is 0 Å². The molecule has 1 N–H and O–H groups in total. The Morgan fingerprint density at radius 3 is 2.85 bits per heavy atom. The Labute approximate surface area is 162 Å². The van der Waals surface area contributed by atoms with Gasteiger partial charge in [0.25, 0.3) is 0 Å². The third kappa shape index (κ3) is 4.51. The standard InChI is InChI=1S/C18H23ClN4O2S/c1-11(2)17-21-22-18(23(17)13-5-6-13)26-9-8-16(24)20-14-10-12(19)4-7-15(14)25-3/h4,7,10-11,13H,5-6,8-9H2,1-3H3,(H,20,24). The van der Waals surface area contributed by atoms with Crippen molar-refractivity contribution in [1.29, 1.82) is 0 Å². The fourth-order valence-electron chi connectivity index (χ4n) is 2.68. The van der Waals surface area contributed by atoms with Crippen molar-refractivity contribution in [2.75, 3.05) is 18.2 Å². The van der Waals surface area contributed by atoms with Crippen molar-refractivity contribution in [1.82, 2.24) is 14.8 Å². The summed E-state index contributed by atoms with van der Waals surface area (Å²) in [6.07, 6.45) is 2.73. The lowest BCUT2D eigenvalue weighted by Gasteiger charge is -2.11. The van der Waals surface area contributed by atoms with Gasteiger partial charge in [0.05, 0.1) is 12.8 Å². The summed E-state index contributed by atoms with van der Waals surface area (Å²) in [5.41, 5.74) is 0.582. The molecule has 1 fully saturated rings. The van der Waals surface area contributed by atoms with Crippen LogP contribution in [-0.2, 0) is 4.79 Å². The van der Waals surface area contributed by atoms with Crippen LogP contribution in [0.1, 0.15) is 50.9 Å². The molecule has 6 nitrogen and oxygen atoms in total. The number of nitrogens with zero attached hydrogens (tertiary/aromatic N) is 3. The minimum absolute atomic E-state index is 0.0837. The first-order valence-corrected chi connectivity index (χ1v) is 10.1. The average Bonchev–Trinajstić information content (AvgIpc) is 3.34. The summed E-state index contributed by atoms with van der Waals surface area (Å²) in [7, 11) is 1.56. The maximum atomic E-state index is 12.3. The normalized spacial score (nSPS) is 13.9. The number of anilines is 1. The van der Waals surface area contributed by atoms with E-state index in [0.29, 0.717) is 40.6 Å². The quantitative estimate of drug-likeness (QED) is 0.666. The number of thioether (sulfide) groups is 1. The van der Waals surface area contributed by atoms with Crippen molar-refractivity contribution in [3.8, 4) is 5.75 Å². The summed E-state index contributed by atoms with van der Waals surface area (Å²) in [4.78, 5) is 12.3. The molecule has 0 unspecified atom stereocenters. The molecule has 0 atom stereocenters. The molecular formula is C18H23ClN4O2S. The molecule has 3 rings (SSSR count). The average molecular weight is 395 g/mol. The van der Waals surface area contributed by atoms with Crippen LogP contribution in [-0.4, -0.2) is 33.5 Å². The van der Waals surface area contributed by atoms with Crippen LogP contribution in [0, 0.1) is 0 Å². The lowest BCUT2D eigenvalue weighted by molar-refractivity contribution is -0.115. The molecule has 0 bridgehead atoms. The molecular weight excluding hydrogens is 372 g/mol. The van der Waals surface area contributed by atoms with Crippen LogP contribution >= 0.6 is 23.4 Å². The van der Waals surface area contributed by atoms with Gasteiger partial charge in [0.1, 0.15) is 11.6 Å². The number of hydrogen-bond acceptors (Lipinski definition) is 5. The zero-order chi connectivity index (χ0) is 18.7. The van der Waals surface area contributed by atoms with Crippen LogP contribution in [0.3, 0.4) is 0 Å². The van der Waals surface area contributed by atoms with Crippen LogP contribution in [0.15, 0.2) is 23.4 Å². The second-order valence-corrected chi connectivity index (χ2v) is 8.09. The molecule has 140 valence electrons. The van der Waals surface area contributed by atoms with Gasteiger partial charge in [-0.15, -0.1) is 10.2 Å². The molecule has 1 saturated carbocycles. The Morgan fingerprint density at radius 2 is 2.19 bits per heavy atom. The van der Waals surface area contributed by atoms with Gasteiger partial charge >= 0.3 is 0 Å². The second kappa shape index (κ2) is 8.31. The van der Waals surface area contributed by atoms with Crippen molar-refractivity contribution in [2.24, 2.45) is 0 Å². The molecule has 1 aliphatic carbocycles. The third-order valence-corrected chi connectivity index (χ3v) is 5.30. The highest BCUT2D eigenvalue weighted by atomic mass is 35.5. The number of carbonyl (C=O) groups excluding carboxylic acids is 1. The van der Waals surface area contributed by atoms with Crippen LogP contribution in [0.2, 0.25) is 5.02 Å². The van der Waals surface area contributed by atoms with Gasteiger partial charge in [-0.25, -0.2) is 0 Å². The fraction of sp³-hybridized carbons (Fsp3) is 0.500. The van der Waals surface area contributed by atoms with Gasteiger partial charge in [-0.2, -0.15) is 0 Å². The van der Waals surface area contributed by atoms with Crippen molar-refractivity contribution in [2.45, 2.75) is 50.2 Å². The van der Waals surface area contributed by atoms with Gasteiger partial charge in [-0.05, 0) is 31.0 Å². The van der Waals surface area contributed by atoms with Crippen molar-refractivity contribution < 1.29 is 9.53 Å². The number of aromatic nitrogens is 3. The highest BCUT2D eigenvalue weighted by Gasteiger charge is 2.30. The number of benzene rings is 1.